The third-order valence-corrected chi connectivity index (χ3v) is 4.56. The van der Waals surface area contributed by atoms with Gasteiger partial charge in [-0.3, -0.25) is 4.90 Å². The number of ether oxygens (including phenoxy) is 2. The normalized spacial score (nSPS) is 17.4. The third kappa shape index (κ3) is 5.99. The molecular weight excluding hydrogens is 421 g/mol. The standard InChI is InChI=1S/C14H15Cl5N2O3/c15-10-2-1-9(11(16)7-10)8-24-13(22)20-12(14(17,18)19)21-3-5-23-6-4-21/h1-2,7,12H,3-6,8H2,(H,20,22). The third-order valence-electron chi connectivity index (χ3n) is 3.35. The number of morpholine rings is 1. The number of rotatable bonds is 4. The minimum absolute atomic E-state index is 0.0302. The van der Waals surface area contributed by atoms with Crippen LogP contribution in [0.5, 0.6) is 0 Å². The van der Waals surface area contributed by atoms with Crippen LogP contribution in [0, 0.1) is 0 Å². The van der Waals surface area contributed by atoms with Crippen LogP contribution in [-0.2, 0) is 16.1 Å². The Bertz CT molecular complexity index is 576. The van der Waals surface area contributed by atoms with Gasteiger partial charge in [-0.05, 0) is 12.1 Å². The summed E-state index contributed by atoms with van der Waals surface area (Å²) in [4.78, 5) is 13.9. The zero-order valence-electron chi connectivity index (χ0n) is 12.4. The highest BCUT2D eigenvalue weighted by molar-refractivity contribution is 6.68. The van der Waals surface area contributed by atoms with Crippen molar-refractivity contribution < 1.29 is 14.3 Å². The minimum atomic E-state index is -1.71. The summed E-state index contributed by atoms with van der Waals surface area (Å²) < 4.78 is 8.70. The summed E-state index contributed by atoms with van der Waals surface area (Å²) in [5, 5.41) is 3.47. The van der Waals surface area contributed by atoms with Gasteiger partial charge in [0.05, 0.1) is 13.2 Å². The highest BCUT2D eigenvalue weighted by Crippen LogP contribution is 2.32. The first kappa shape index (κ1) is 20.2. The SMILES string of the molecule is O=C(NC(N1CCOCC1)C(Cl)(Cl)Cl)OCc1ccc(Cl)cc1Cl. The molecule has 1 saturated heterocycles. The smallest absolute Gasteiger partial charge is 0.408 e. The Hall–Kier alpha value is -0.140. The van der Waals surface area contributed by atoms with E-state index >= 15 is 0 Å². The summed E-state index contributed by atoms with van der Waals surface area (Å²) in [6.07, 6.45) is -1.55. The molecule has 0 radical (unpaired) electrons. The Kier molecular flexibility index (Phi) is 7.56. The highest BCUT2D eigenvalue weighted by atomic mass is 35.6. The van der Waals surface area contributed by atoms with Gasteiger partial charge in [-0.15, -0.1) is 0 Å². The molecule has 1 aliphatic rings. The van der Waals surface area contributed by atoms with E-state index in [1.165, 1.54) is 0 Å². The quantitative estimate of drug-likeness (QED) is 0.717. The molecule has 1 aromatic carbocycles. The molecule has 0 aliphatic carbocycles. The van der Waals surface area contributed by atoms with Gasteiger partial charge in [0.2, 0.25) is 3.79 Å². The van der Waals surface area contributed by atoms with Gasteiger partial charge in [-0.1, -0.05) is 64.1 Å². The molecule has 0 saturated carbocycles. The lowest BCUT2D eigenvalue weighted by atomic mass is 10.2. The number of alkyl halides is 3. The minimum Gasteiger partial charge on any atom is -0.445 e. The largest absolute Gasteiger partial charge is 0.445 e. The van der Waals surface area contributed by atoms with Gasteiger partial charge in [0.1, 0.15) is 12.8 Å². The molecule has 1 amide bonds. The van der Waals surface area contributed by atoms with Crippen LogP contribution in [0.2, 0.25) is 10.0 Å². The number of benzene rings is 1. The number of amides is 1. The van der Waals surface area contributed by atoms with Crippen LogP contribution in [0.4, 0.5) is 4.79 Å². The van der Waals surface area contributed by atoms with Crippen molar-refractivity contribution in [3.63, 3.8) is 0 Å². The van der Waals surface area contributed by atoms with Crippen molar-refractivity contribution in [3.8, 4) is 0 Å². The Morgan fingerprint density at radius 3 is 2.54 bits per heavy atom. The molecule has 1 aromatic rings. The fraction of sp³-hybridized carbons (Fsp3) is 0.500. The van der Waals surface area contributed by atoms with Gasteiger partial charge in [-0.2, -0.15) is 0 Å². The number of hydrogen-bond acceptors (Lipinski definition) is 4. The number of hydrogen-bond donors (Lipinski definition) is 1. The van der Waals surface area contributed by atoms with Crippen LogP contribution < -0.4 is 5.32 Å². The van der Waals surface area contributed by atoms with Crippen molar-refractivity contribution in [2.45, 2.75) is 16.6 Å². The number of nitrogens with one attached hydrogen (secondary N) is 1. The van der Waals surface area contributed by atoms with E-state index in [-0.39, 0.29) is 6.61 Å². The second-order valence-electron chi connectivity index (χ2n) is 5.05. The van der Waals surface area contributed by atoms with E-state index in [2.05, 4.69) is 5.32 Å². The Morgan fingerprint density at radius 1 is 1.29 bits per heavy atom. The summed E-state index contributed by atoms with van der Waals surface area (Å²) in [6, 6.07) is 4.89. The average molecular weight is 437 g/mol. The van der Waals surface area contributed by atoms with E-state index in [9.17, 15) is 4.79 Å². The van der Waals surface area contributed by atoms with Gasteiger partial charge < -0.3 is 14.8 Å². The number of carbonyl (C=O) groups is 1. The van der Waals surface area contributed by atoms with E-state index < -0.39 is 16.1 Å². The van der Waals surface area contributed by atoms with E-state index in [1.54, 1.807) is 18.2 Å². The molecule has 10 heteroatoms. The van der Waals surface area contributed by atoms with Crippen LogP contribution in [0.1, 0.15) is 5.56 Å². The molecule has 1 unspecified atom stereocenters. The zero-order chi connectivity index (χ0) is 17.7. The van der Waals surface area contributed by atoms with E-state index in [1.807, 2.05) is 4.90 Å². The molecular formula is C14H15Cl5N2O3. The van der Waals surface area contributed by atoms with Gasteiger partial charge >= 0.3 is 6.09 Å². The molecule has 0 spiro atoms. The second kappa shape index (κ2) is 8.99. The Morgan fingerprint density at radius 2 is 1.96 bits per heavy atom. The maximum absolute atomic E-state index is 12.1. The second-order valence-corrected chi connectivity index (χ2v) is 8.26. The lowest BCUT2D eigenvalue weighted by Gasteiger charge is -2.37. The molecule has 1 aliphatic heterocycles. The summed E-state index contributed by atoms with van der Waals surface area (Å²) >= 11 is 29.8. The van der Waals surface area contributed by atoms with Crippen LogP contribution in [-0.4, -0.2) is 47.3 Å². The molecule has 1 fully saturated rings. The fourth-order valence-corrected chi connectivity index (χ4v) is 3.19. The molecule has 2 rings (SSSR count). The Balaban J connectivity index is 1.94. The predicted molar refractivity (Wildman–Crippen MR) is 96.3 cm³/mol. The maximum atomic E-state index is 12.1. The lowest BCUT2D eigenvalue weighted by molar-refractivity contribution is 0.00867. The molecule has 5 nitrogen and oxygen atoms in total. The van der Waals surface area contributed by atoms with Crippen LogP contribution in [0.3, 0.4) is 0 Å². The van der Waals surface area contributed by atoms with Crippen molar-refractivity contribution in [3.05, 3.63) is 33.8 Å². The molecule has 134 valence electrons. The van der Waals surface area contributed by atoms with E-state index in [0.29, 0.717) is 41.9 Å². The number of halogens is 5. The monoisotopic (exact) mass is 434 g/mol. The first-order valence-electron chi connectivity index (χ1n) is 7.03. The van der Waals surface area contributed by atoms with Crippen molar-refractivity contribution >= 4 is 64.1 Å². The molecule has 0 aromatic heterocycles. The molecule has 0 bridgehead atoms. The summed E-state index contributed by atoms with van der Waals surface area (Å²) in [5.41, 5.74) is 0.619. The lowest BCUT2D eigenvalue weighted by Crippen LogP contribution is -2.58. The summed E-state index contributed by atoms with van der Waals surface area (Å²) in [7, 11) is 0. The molecule has 24 heavy (non-hydrogen) atoms. The van der Waals surface area contributed by atoms with Crippen LogP contribution in [0.15, 0.2) is 18.2 Å². The maximum Gasteiger partial charge on any atom is 0.408 e. The Labute approximate surface area is 165 Å². The van der Waals surface area contributed by atoms with Crippen molar-refractivity contribution in [1.29, 1.82) is 0 Å². The molecule has 1 atom stereocenters. The van der Waals surface area contributed by atoms with Gasteiger partial charge in [0.25, 0.3) is 0 Å². The number of carbonyl (C=O) groups excluding carboxylic acids is 1. The van der Waals surface area contributed by atoms with Crippen molar-refractivity contribution in [1.82, 2.24) is 10.2 Å². The molecule has 1 N–H and O–H groups in total. The van der Waals surface area contributed by atoms with Gasteiger partial charge in [0, 0.05) is 28.7 Å². The van der Waals surface area contributed by atoms with Crippen molar-refractivity contribution in [2.24, 2.45) is 0 Å². The summed E-state index contributed by atoms with van der Waals surface area (Å²) in [5.74, 6) is 0. The van der Waals surface area contributed by atoms with E-state index in [0.717, 1.165) is 0 Å². The van der Waals surface area contributed by atoms with Crippen LogP contribution in [0.25, 0.3) is 0 Å². The topological polar surface area (TPSA) is 50.8 Å². The van der Waals surface area contributed by atoms with Gasteiger partial charge in [-0.25, -0.2) is 4.79 Å². The first-order chi connectivity index (χ1) is 11.3. The fourth-order valence-electron chi connectivity index (χ4n) is 2.15. The van der Waals surface area contributed by atoms with Crippen LogP contribution >= 0.6 is 58.0 Å². The summed E-state index contributed by atoms with van der Waals surface area (Å²) in [6.45, 7) is 2.02. The van der Waals surface area contributed by atoms with E-state index in [4.69, 9.17) is 67.5 Å². The average Bonchev–Trinajstić information content (AvgIpc) is 2.51. The van der Waals surface area contributed by atoms with Gasteiger partial charge in [0.15, 0.2) is 0 Å². The number of alkyl carbamates (subject to hydrolysis) is 1. The first-order valence-corrected chi connectivity index (χ1v) is 8.92. The zero-order valence-corrected chi connectivity index (χ0v) is 16.2. The number of nitrogens with zero attached hydrogens (tertiary/aromatic N) is 1. The predicted octanol–water partition coefficient (Wildman–Crippen LogP) is 4.25. The molecule has 1 heterocycles. The highest BCUT2D eigenvalue weighted by Gasteiger charge is 2.39. The van der Waals surface area contributed by atoms with Crippen molar-refractivity contribution in [2.75, 3.05) is 26.3 Å².